The fourth-order valence-corrected chi connectivity index (χ4v) is 3.45. The Hall–Kier alpha value is -2.82. The summed E-state index contributed by atoms with van der Waals surface area (Å²) in [6, 6.07) is 13.7. The summed E-state index contributed by atoms with van der Waals surface area (Å²) in [7, 11) is 1.65. The summed E-state index contributed by atoms with van der Waals surface area (Å²) in [4.78, 5) is 26.8. The van der Waals surface area contributed by atoms with Gasteiger partial charge in [0.2, 0.25) is 11.8 Å². The summed E-state index contributed by atoms with van der Waals surface area (Å²) in [5, 5.41) is 2.99. The van der Waals surface area contributed by atoms with Crippen molar-refractivity contribution >= 4 is 17.5 Å². The number of benzene rings is 2. The molecule has 2 amide bonds. The van der Waals surface area contributed by atoms with Crippen LogP contribution in [0, 0.1) is 19.8 Å². The third-order valence-electron chi connectivity index (χ3n) is 5.29. The van der Waals surface area contributed by atoms with E-state index in [9.17, 15) is 9.59 Å². The fraction of sp³-hybridized carbons (Fsp3) is 0.364. The largest absolute Gasteiger partial charge is 0.496 e. The topological polar surface area (TPSA) is 58.6 Å². The third-order valence-corrected chi connectivity index (χ3v) is 5.29. The first-order chi connectivity index (χ1) is 13.0. The first-order valence-corrected chi connectivity index (χ1v) is 9.26. The summed E-state index contributed by atoms with van der Waals surface area (Å²) < 4.78 is 5.37. The van der Waals surface area contributed by atoms with Gasteiger partial charge in [-0.3, -0.25) is 9.59 Å². The molecule has 3 rings (SSSR count). The molecule has 5 heteroatoms. The van der Waals surface area contributed by atoms with Crippen molar-refractivity contribution < 1.29 is 14.3 Å². The number of methoxy groups -OCH3 is 1. The van der Waals surface area contributed by atoms with E-state index in [1.54, 1.807) is 12.0 Å². The zero-order chi connectivity index (χ0) is 19.4. The molecule has 1 N–H and O–H groups in total. The molecule has 2 aromatic carbocycles. The maximum absolute atomic E-state index is 12.6. The number of anilines is 1. The lowest BCUT2D eigenvalue weighted by atomic mass is 10.1. The molecule has 0 bridgehead atoms. The SMILES string of the molecule is COc1ccccc1CCN1CC(C(=O)Nc2cccc(C)c2C)CC1=O. The number of nitrogens with zero attached hydrogens (tertiary/aromatic N) is 1. The Kier molecular flexibility index (Phi) is 5.79. The van der Waals surface area contributed by atoms with Crippen LogP contribution >= 0.6 is 0 Å². The maximum Gasteiger partial charge on any atom is 0.229 e. The van der Waals surface area contributed by atoms with Crippen molar-refractivity contribution in [1.29, 1.82) is 0 Å². The van der Waals surface area contributed by atoms with Crippen molar-refractivity contribution in [2.24, 2.45) is 5.92 Å². The van der Waals surface area contributed by atoms with Crippen LogP contribution in [0.3, 0.4) is 0 Å². The number of para-hydroxylation sites is 1. The minimum absolute atomic E-state index is 0.0333. The summed E-state index contributed by atoms with van der Waals surface area (Å²) in [6.45, 7) is 5.06. The Morgan fingerprint density at radius 3 is 2.74 bits per heavy atom. The lowest BCUT2D eigenvalue weighted by molar-refractivity contribution is -0.128. The van der Waals surface area contributed by atoms with Gasteiger partial charge < -0.3 is 15.0 Å². The van der Waals surface area contributed by atoms with Gasteiger partial charge in [-0.05, 0) is 49.1 Å². The van der Waals surface area contributed by atoms with Gasteiger partial charge in [-0.2, -0.15) is 0 Å². The average Bonchev–Trinajstić information content (AvgIpc) is 3.05. The van der Waals surface area contributed by atoms with Crippen molar-refractivity contribution in [1.82, 2.24) is 4.90 Å². The van der Waals surface area contributed by atoms with Crippen molar-refractivity contribution in [2.75, 3.05) is 25.5 Å². The number of aryl methyl sites for hydroxylation is 1. The van der Waals surface area contributed by atoms with E-state index in [2.05, 4.69) is 5.32 Å². The van der Waals surface area contributed by atoms with Gasteiger partial charge >= 0.3 is 0 Å². The molecule has 0 spiro atoms. The second kappa shape index (κ2) is 8.25. The van der Waals surface area contributed by atoms with Crippen LogP contribution in [0.4, 0.5) is 5.69 Å². The van der Waals surface area contributed by atoms with Crippen molar-refractivity contribution in [3.8, 4) is 5.75 Å². The third kappa shape index (κ3) is 4.30. The second-order valence-electron chi connectivity index (χ2n) is 7.04. The number of nitrogens with one attached hydrogen (secondary N) is 1. The van der Waals surface area contributed by atoms with Crippen LogP contribution in [-0.4, -0.2) is 36.9 Å². The van der Waals surface area contributed by atoms with Gasteiger partial charge in [0.05, 0.1) is 13.0 Å². The van der Waals surface area contributed by atoms with E-state index in [0.717, 1.165) is 28.1 Å². The molecule has 5 nitrogen and oxygen atoms in total. The first kappa shape index (κ1) is 19.0. The maximum atomic E-state index is 12.6. The molecule has 0 radical (unpaired) electrons. The smallest absolute Gasteiger partial charge is 0.229 e. The molecule has 1 saturated heterocycles. The number of amides is 2. The highest BCUT2D eigenvalue weighted by molar-refractivity contribution is 5.97. The zero-order valence-electron chi connectivity index (χ0n) is 16.1. The molecule has 27 heavy (non-hydrogen) atoms. The van der Waals surface area contributed by atoms with E-state index < -0.39 is 0 Å². The normalized spacial score (nSPS) is 16.5. The summed E-state index contributed by atoms with van der Waals surface area (Å²) >= 11 is 0. The lowest BCUT2D eigenvalue weighted by Crippen LogP contribution is -2.30. The van der Waals surface area contributed by atoms with Crippen LogP contribution in [0.2, 0.25) is 0 Å². The van der Waals surface area contributed by atoms with E-state index in [-0.39, 0.29) is 24.2 Å². The first-order valence-electron chi connectivity index (χ1n) is 9.26. The van der Waals surface area contributed by atoms with Gasteiger partial charge in [-0.25, -0.2) is 0 Å². The van der Waals surface area contributed by atoms with Crippen LogP contribution in [-0.2, 0) is 16.0 Å². The van der Waals surface area contributed by atoms with Gasteiger partial charge in [0.15, 0.2) is 0 Å². The molecule has 0 aromatic heterocycles. The average molecular weight is 366 g/mol. The van der Waals surface area contributed by atoms with Gasteiger partial charge in [-0.1, -0.05) is 30.3 Å². The van der Waals surface area contributed by atoms with Crippen LogP contribution in [0.1, 0.15) is 23.1 Å². The molecule has 1 aliphatic heterocycles. The van der Waals surface area contributed by atoms with Crippen LogP contribution in [0.15, 0.2) is 42.5 Å². The Morgan fingerprint density at radius 1 is 1.19 bits per heavy atom. The quantitative estimate of drug-likeness (QED) is 0.853. The number of hydrogen-bond donors (Lipinski definition) is 1. The minimum Gasteiger partial charge on any atom is -0.496 e. The Bertz CT molecular complexity index is 847. The van der Waals surface area contributed by atoms with Gasteiger partial charge in [-0.15, -0.1) is 0 Å². The summed E-state index contributed by atoms with van der Waals surface area (Å²) in [6.07, 6.45) is 0.976. The summed E-state index contributed by atoms with van der Waals surface area (Å²) in [5.41, 5.74) is 4.08. The number of carbonyl (C=O) groups excluding carboxylic acids is 2. The Morgan fingerprint density at radius 2 is 1.96 bits per heavy atom. The van der Waals surface area contributed by atoms with Gasteiger partial charge in [0.25, 0.3) is 0 Å². The van der Waals surface area contributed by atoms with E-state index in [1.165, 1.54) is 0 Å². The molecule has 142 valence electrons. The molecule has 0 saturated carbocycles. The molecule has 2 aromatic rings. The van der Waals surface area contributed by atoms with Gasteiger partial charge in [0, 0.05) is 25.2 Å². The highest BCUT2D eigenvalue weighted by Gasteiger charge is 2.34. The fourth-order valence-electron chi connectivity index (χ4n) is 3.45. The molecule has 1 unspecified atom stereocenters. The van der Waals surface area contributed by atoms with Crippen LogP contribution < -0.4 is 10.1 Å². The molecule has 1 atom stereocenters. The molecule has 0 aliphatic carbocycles. The van der Waals surface area contributed by atoms with Crippen LogP contribution in [0.5, 0.6) is 5.75 Å². The monoisotopic (exact) mass is 366 g/mol. The highest BCUT2D eigenvalue weighted by Crippen LogP contribution is 2.24. The lowest BCUT2D eigenvalue weighted by Gasteiger charge is -2.18. The number of rotatable bonds is 6. The minimum atomic E-state index is -0.310. The Balaban J connectivity index is 1.59. The van der Waals surface area contributed by atoms with E-state index in [4.69, 9.17) is 4.74 Å². The standard InChI is InChI=1S/C22H26N2O3/c1-15-7-6-9-19(16(15)2)23-22(26)18-13-21(25)24(14-18)12-11-17-8-4-5-10-20(17)27-3/h4-10,18H,11-14H2,1-3H3,(H,23,26). The molecule has 1 fully saturated rings. The molecule has 1 heterocycles. The molecule has 1 aliphatic rings. The van der Waals surface area contributed by atoms with Crippen molar-refractivity contribution in [2.45, 2.75) is 26.7 Å². The van der Waals surface area contributed by atoms with Crippen molar-refractivity contribution in [3.63, 3.8) is 0 Å². The zero-order valence-corrected chi connectivity index (χ0v) is 16.1. The predicted molar refractivity (Wildman–Crippen MR) is 106 cm³/mol. The number of hydrogen-bond acceptors (Lipinski definition) is 3. The van der Waals surface area contributed by atoms with Crippen LogP contribution in [0.25, 0.3) is 0 Å². The molecular weight excluding hydrogens is 340 g/mol. The summed E-state index contributed by atoms with van der Waals surface area (Å²) in [5.74, 6) is 0.464. The van der Waals surface area contributed by atoms with Gasteiger partial charge in [0.1, 0.15) is 5.75 Å². The van der Waals surface area contributed by atoms with Crippen molar-refractivity contribution in [3.05, 3.63) is 59.2 Å². The number of carbonyl (C=O) groups is 2. The molecular formula is C22H26N2O3. The number of likely N-dealkylation sites (tertiary alicyclic amines) is 1. The predicted octanol–water partition coefficient (Wildman–Crippen LogP) is 3.34. The Labute approximate surface area is 160 Å². The highest BCUT2D eigenvalue weighted by atomic mass is 16.5. The number of ether oxygens (including phenoxy) is 1. The van der Waals surface area contributed by atoms with E-state index >= 15 is 0 Å². The van der Waals surface area contributed by atoms with E-state index in [1.807, 2.05) is 56.3 Å². The van der Waals surface area contributed by atoms with E-state index in [0.29, 0.717) is 19.5 Å². The second-order valence-corrected chi connectivity index (χ2v) is 7.04.